The van der Waals surface area contributed by atoms with Crippen LogP contribution in [0.2, 0.25) is 0 Å². The molecule has 0 fully saturated rings. The molecule has 66 valence electrons. The highest BCUT2D eigenvalue weighted by Gasteiger charge is 2.08. The molecule has 1 aromatic rings. The number of hydrogen-bond acceptors (Lipinski definition) is 2. The van der Waals surface area contributed by atoms with Crippen molar-refractivity contribution in [3.05, 3.63) is 23.5 Å². The Hall–Kier alpha value is -0.150. The lowest BCUT2D eigenvalue weighted by atomic mass is 10.2. The van der Waals surface area contributed by atoms with Crippen LogP contribution in [-0.4, -0.2) is 12.5 Å². The summed E-state index contributed by atoms with van der Waals surface area (Å²) in [7, 11) is 0. The maximum Gasteiger partial charge on any atom is 0.137 e. The molecule has 0 saturated carbocycles. The fourth-order valence-electron chi connectivity index (χ4n) is 1.08. The van der Waals surface area contributed by atoms with Crippen molar-refractivity contribution < 1.29 is 4.39 Å². The molecule has 0 radical (unpaired) electrons. The Morgan fingerprint density at radius 2 is 1.67 bits per heavy atom. The molecule has 1 aromatic carbocycles. The largest absolute Gasteiger partial charge is 0.206 e. The third-order valence-corrected chi connectivity index (χ3v) is 3.54. The van der Waals surface area contributed by atoms with E-state index in [0.29, 0.717) is 0 Å². The molecule has 0 spiro atoms. The van der Waals surface area contributed by atoms with Crippen LogP contribution in [0.1, 0.15) is 5.56 Å². The lowest BCUT2D eigenvalue weighted by Crippen LogP contribution is -1.87. The van der Waals surface area contributed by atoms with Crippen LogP contribution >= 0.6 is 23.5 Å². The van der Waals surface area contributed by atoms with E-state index in [4.69, 9.17) is 0 Å². The molecule has 0 amide bonds. The van der Waals surface area contributed by atoms with Gasteiger partial charge in [-0.1, -0.05) is 6.07 Å². The summed E-state index contributed by atoms with van der Waals surface area (Å²) >= 11 is 3.06. The number of rotatable bonds is 2. The standard InChI is InChI=1S/C9H11FS2/c1-6-4-5-7(10)9(12-3)8(6)11-2/h4-5H,1-3H3. The fourth-order valence-corrected chi connectivity index (χ4v) is 2.86. The molecular weight excluding hydrogens is 191 g/mol. The fraction of sp³-hybridized carbons (Fsp3) is 0.333. The summed E-state index contributed by atoms with van der Waals surface area (Å²) in [6, 6.07) is 3.35. The Labute approximate surface area is 80.9 Å². The second kappa shape index (κ2) is 4.19. The summed E-state index contributed by atoms with van der Waals surface area (Å²) < 4.78 is 13.2. The molecule has 0 aromatic heterocycles. The quantitative estimate of drug-likeness (QED) is 0.672. The smallest absolute Gasteiger partial charge is 0.137 e. The van der Waals surface area contributed by atoms with Gasteiger partial charge in [-0.2, -0.15) is 0 Å². The first-order valence-electron chi connectivity index (χ1n) is 3.57. The van der Waals surface area contributed by atoms with Gasteiger partial charge in [0, 0.05) is 4.90 Å². The van der Waals surface area contributed by atoms with Crippen molar-refractivity contribution in [3.63, 3.8) is 0 Å². The molecule has 0 bridgehead atoms. The van der Waals surface area contributed by atoms with Crippen LogP contribution < -0.4 is 0 Å². The van der Waals surface area contributed by atoms with Gasteiger partial charge in [0.2, 0.25) is 0 Å². The summed E-state index contributed by atoms with van der Waals surface area (Å²) in [5.41, 5.74) is 1.15. The molecule has 0 nitrogen and oxygen atoms in total. The van der Waals surface area contributed by atoms with E-state index in [1.54, 1.807) is 11.8 Å². The Kier molecular flexibility index (Phi) is 3.47. The van der Waals surface area contributed by atoms with Crippen LogP contribution in [0.5, 0.6) is 0 Å². The summed E-state index contributed by atoms with van der Waals surface area (Å²) in [5.74, 6) is -0.113. The average molecular weight is 202 g/mol. The van der Waals surface area contributed by atoms with E-state index in [2.05, 4.69) is 0 Å². The Balaban J connectivity index is 3.28. The topological polar surface area (TPSA) is 0 Å². The van der Waals surface area contributed by atoms with Crippen molar-refractivity contribution in [3.8, 4) is 0 Å². The summed E-state index contributed by atoms with van der Waals surface area (Å²) in [6.07, 6.45) is 3.87. The monoisotopic (exact) mass is 202 g/mol. The molecule has 0 N–H and O–H groups in total. The number of aryl methyl sites for hydroxylation is 1. The van der Waals surface area contributed by atoms with Gasteiger partial charge >= 0.3 is 0 Å². The van der Waals surface area contributed by atoms with Gasteiger partial charge in [-0.3, -0.25) is 0 Å². The summed E-state index contributed by atoms with van der Waals surface area (Å²) in [6.45, 7) is 2.00. The second-order valence-electron chi connectivity index (χ2n) is 2.43. The van der Waals surface area contributed by atoms with Crippen LogP contribution in [0.4, 0.5) is 4.39 Å². The van der Waals surface area contributed by atoms with E-state index in [1.165, 1.54) is 17.8 Å². The van der Waals surface area contributed by atoms with Gasteiger partial charge < -0.3 is 0 Å². The van der Waals surface area contributed by atoms with Crippen molar-refractivity contribution in [1.82, 2.24) is 0 Å². The van der Waals surface area contributed by atoms with Crippen molar-refractivity contribution in [2.24, 2.45) is 0 Å². The maximum atomic E-state index is 13.2. The predicted molar refractivity (Wildman–Crippen MR) is 54.7 cm³/mol. The van der Waals surface area contributed by atoms with Gasteiger partial charge in [0.25, 0.3) is 0 Å². The molecule has 0 aliphatic heterocycles. The van der Waals surface area contributed by atoms with Gasteiger partial charge in [0.15, 0.2) is 0 Å². The van der Waals surface area contributed by atoms with Crippen LogP contribution in [0, 0.1) is 12.7 Å². The normalized spacial score (nSPS) is 10.3. The zero-order chi connectivity index (χ0) is 9.14. The predicted octanol–water partition coefficient (Wildman–Crippen LogP) is 3.58. The lowest BCUT2D eigenvalue weighted by molar-refractivity contribution is 0.593. The molecule has 0 heterocycles. The first kappa shape index (κ1) is 9.93. The minimum Gasteiger partial charge on any atom is -0.206 e. The van der Waals surface area contributed by atoms with Crippen molar-refractivity contribution >= 4 is 23.5 Å². The Bertz CT molecular complexity index is 255. The number of hydrogen-bond donors (Lipinski definition) is 0. The zero-order valence-electron chi connectivity index (χ0n) is 7.35. The Morgan fingerprint density at radius 1 is 1.08 bits per heavy atom. The van der Waals surface area contributed by atoms with Crippen LogP contribution in [0.25, 0.3) is 0 Å². The third kappa shape index (κ3) is 1.77. The van der Waals surface area contributed by atoms with Gasteiger partial charge in [-0.25, -0.2) is 4.39 Å². The number of thioether (sulfide) groups is 2. The highest BCUT2D eigenvalue weighted by Crippen LogP contribution is 2.32. The lowest BCUT2D eigenvalue weighted by Gasteiger charge is -2.08. The number of benzene rings is 1. The van der Waals surface area contributed by atoms with Gasteiger partial charge in [0.05, 0.1) is 4.90 Å². The van der Waals surface area contributed by atoms with E-state index >= 15 is 0 Å². The zero-order valence-corrected chi connectivity index (χ0v) is 8.98. The molecular formula is C9H11FS2. The van der Waals surface area contributed by atoms with E-state index in [9.17, 15) is 4.39 Å². The first-order chi connectivity index (χ1) is 5.70. The Morgan fingerprint density at radius 3 is 2.08 bits per heavy atom. The molecule has 12 heavy (non-hydrogen) atoms. The minimum atomic E-state index is -0.113. The summed E-state index contributed by atoms with van der Waals surface area (Å²) in [4.78, 5) is 1.82. The third-order valence-electron chi connectivity index (χ3n) is 1.67. The highest BCUT2D eigenvalue weighted by molar-refractivity contribution is 8.01. The second-order valence-corrected chi connectivity index (χ2v) is 4.06. The molecule has 0 atom stereocenters. The summed E-state index contributed by atoms with van der Waals surface area (Å²) in [5, 5.41) is 0. The maximum absolute atomic E-state index is 13.2. The molecule has 0 unspecified atom stereocenters. The SMILES string of the molecule is CSc1c(C)ccc(F)c1SC. The van der Waals surface area contributed by atoms with Crippen LogP contribution in [0.15, 0.2) is 21.9 Å². The molecule has 1 rings (SSSR count). The molecule has 0 aliphatic rings. The van der Waals surface area contributed by atoms with Crippen molar-refractivity contribution in [2.45, 2.75) is 16.7 Å². The average Bonchev–Trinajstić information content (AvgIpc) is 2.08. The molecule has 0 saturated heterocycles. The first-order valence-corrected chi connectivity index (χ1v) is 6.02. The van der Waals surface area contributed by atoms with E-state index in [-0.39, 0.29) is 5.82 Å². The van der Waals surface area contributed by atoms with Crippen molar-refractivity contribution in [2.75, 3.05) is 12.5 Å². The van der Waals surface area contributed by atoms with E-state index in [0.717, 1.165) is 15.4 Å². The van der Waals surface area contributed by atoms with Gasteiger partial charge in [-0.05, 0) is 31.1 Å². The molecule has 3 heteroatoms. The van der Waals surface area contributed by atoms with Crippen molar-refractivity contribution in [1.29, 1.82) is 0 Å². The van der Waals surface area contributed by atoms with Gasteiger partial charge in [0.1, 0.15) is 5.82 Å². The number of halogens is 1. The molecule has 0 aliphatic carbocycles. The minimum absolute atomic E-state index is 0.113. The van der Waals surface area contributed by atoms with E-state index < -0.39 is 0 Å². The highest BCUT2D eigenvalue weighted by atomic mass is 32.2. The van der Waals surface area contributed by atoms with Gasteiger partial charge in [-0.15, -0.1) is 23.5 Å². The van der Waals surface area contributed by atoms with Crippen LogP contribution in [-0.2, 0) is 0 Å². The van der Waals surface area contributed by atoms with E-state index in [1.807, 2.05) is 25.5 Å². The van der Waals surface area contributed by atoms with Crippen LogP contribution in [0.3, 0.4) is 0 Å².